The first-order valence-corrected chi connectivity index (χ1v) is 14.8. The zero-order valence-electron chi connectivity index (χ0n) is 23.8. The standard InChI is InChI=1S/C32H36N2O6S/c1-20-27(14-9-15-33(20)31(38)40-32(2,3)4)34(17-21-16-28(29(35)36)41-19-21)30(37)39-18-26-24-12-7-5-10-22(24)23-11-6-8-13-25(23)26/h5-8,10-13,16,19-20,26-27H,9,14-15,17-18H2,1-4H3,(H,35,36)/t20-,27+/m1/s1. The maximum Gasteiger partial charge on any atom is 0.410 e. The minimum atomic E-state index is -1.00. The molecule has 2 aromatic carbocycles. The summed E-state index contributed by atoms with van der Waals surface area (Å²) in [5, 5.41) is 11.2. The van der Waals surface area contributed by atoms with E-state index in [0.29, 0.717) is 24.9 Å². The molecule has 9 heteroatoms. The molecule has 5 rings (SSSR count). The highest BCUT2D eigenvalue weighted by Crippen LogP contribution is 2.44. The van der Waals surface area contributed by atoms with Crippen molar-refractivity contribution in [3.8, 4) is 11.1 Å². The van der Waals surface area contributed by atoms with Crippen LogP contribution < -0.4 is 0 Å². The highest BCUT2D eigenvalue weighted by Gasteiger charge is 2.40. The van der Waals surface area contributed by atoms with Gasteiger partial charge in [-0.05, 0) is 79.8 Å². The third kappa shape index (κ3) is 6.10. The van der Waals surface area contributed by atoms with Crippen molar-refractivity contribution >= 4 is 29.5 Å². The number of carbonyl (C=O) groups excluding carboxylic acids is 2. The van der Waals surface area contributed by atoms with E-state index in [1.165, 1.54) is 0 Å². The van der Waals surface area contributed by atoms with Gasteiger partial charge in [0, 0.05) is 12.5 Å². The van der Waals surface area contributed by atoms with E-state index in [2.05, 4.69) is 24.3 Å². The molecule has 2 heterocycles. The van der Waals surface area contributed by atoms with Gasteiger partial charge in [0.1, 0.15) is 17.1 Å². The lowest BCUT2D eigenvalue weighted by Gasteiger charge is -2.44. The number of hydrogen-bond donors (Lipinski definition) is 1. The molecule has 1 aromatic heterocycles. The predicted octanol–water partition coefficient (Wildman–Crippen LogP) is 6.99. The van der Waals surface area contributed by atoms with E-state index in [1.54, 1.807) is 21.2 Å². The number of fused-ring (bicyclic) bond motifs is 3. The summed E-state index contributed by atoms with van der Waals surface area (Å²) in [6.07, 6.45) is 0.482. The number of carboxylic acids is 1. The van der Waals surface area contributed by atoms with Crippen molar-refractivity contribution in [2.24, 2.45) is 0 Å². The number of likely N-dealkylation sites (tertiary alicyclic amines) is 1. The van der Waals surface area contributed by atoms with E-state index in [-0.39, 0.29) is 36.0 Å². The number of thiophene rings is 1. The third-order valence-electron chi connectivity index (χ3n) is 7.76. The quantitative estimate of drug-likeness (QED) is 0.340. The molecule has 1 saturated heterocycles. The Labute approximate surface area is 244 Å². The van der Waals surface area contributed by atoms with Crippen LogP contribution >= 0.6 is 11.3 Å². The van der Waals surface area contributed by atoms with Crippen LogP contribution in [0.15, 0.2) is 60.0 Å². The molecule has 0 unspecified atom stereocenters. The van der Waals surface area contributed by atoms with Crippen LogP contribution in [0.4, 0.5) is 9.59 Å². The van der Waals surface area contributed by atoms with Crippen LogP contribution in [0.3, 0.4) is 0 Å². The number of rotatable bonds is 6. The summed E-state index contributed by atoms with van der Waals surface area (Å²) in [5.74, 6) is -1.09. The van der Waals surface area contributed by atoms with Gasteiger partial charge in [-0.3, -0.25) is 4.90 Å². The highest BCUT2D eigenvalue weighted by molar-refractivity contribution is 7.12. The van der Waals surface area contributed by atoms with Gasteiger partial charge in [0.25, 0.3) is 0 Å². The Kier molecular flexibility index (Phi) is 8.09. The molecule has 1 aliphatic carbocycles. The van der Waals surface area contributed by atoms with Crippen LogP contribution in [0.1, 0.15) is 72.8 Å². The molecule has 8 nitrogen and oxygen atoms in total. The Morgan fingerprint density at radius 1 is 1.05 bits per heavy atom. The van der Waals surface area contributed by atoms with Crippen molar-refractivity contribution in [1.29, 1.82) is 0 Å². The normalized spacial score (nSPS) is 18.4. The number of carboxylic acid groups (broad SMARTS) is 1. The molecule has 0 spiro atoms. The van der Waals surface area contributed by atoms with Gasteiger partial charge in [0.2, 0.25) is 0 Å². The fourth-order valence-corrected chi connectivity index (χ4v) is 6.62. The first-order chi connectivity index (χ1) is 19.5. The van der Waals surface area contributed by atoms with Gasteiger partial charge in [0.05, 0.1) is 18.6 Å². The van der Waals surface area contributed by atoms with Crippen LogP contribution in [-0.2, 0) is 16.0 Å². The largest absolute Gasteiger partial charge is 0.477 e. The first kappa shape index (κ1) is 28.7. The Bertz CT molecular complexity index is 1400. The summed E-state index contributed by atoms with van der Waals surface area (Å²) in [6.45, 7) is 8.30. The van der Waals surface area contributed by atoms with Gasteiger partial charge < -0.3 is 19.5 Å². The topological polar surface area (TPSA) is 96.4 Å². The molecule has 1 fully saturated rings. The van der Waals surface area contributed by atoms with Crippen molar-refractivity contribution in [2.75, 3.05) is 13.2 Å². The van der Waals surface area contributed by atoms with Gasteiger partial charge >= 0.3 is 18.2 Å². The molecule has 1 aliphatic heterocycles. The Morgan fingerprint density at radius 3 is 2.27 bits per heavy atom. The number of nitrogens with zero attached hydrogens (tertiary/aromatic N) is 2. The second kappa shape index (κ2) is 11.6. The number of amides is 2. The monoisotopic (exact) mass is 576 g/mol. The van der Waals surface area contributed by atoms with E-state index >= 15 is 0 Å². The number of aromatic carboxylic acids is 1. The van der Waals surface area contributed by atoms with E-state index < -0.39 is 23.8 Å². The zero-order valence-corrected chi connectivity index (χ0v) is 24.6. The predicted molar refractivity (Wildman–Crippen MR) is 157 cm³/mol. The van der Waals surface area contributed by atoms with E-state index in [4.69, 9.17) is 9.47 Å². The average Bonchev–Trinajstić information content (AvgIpc) is 3.53. The number of carbonyl (C=O) groups is 3. The number of ether oxygens (including phenoxy) is 2. The van der Waals surface area contributed by atoms with Crippen molar-refractivity contribution in [3.63, 3.8) is 0 Å². The summed E-state index contributed by atoms with van der Waals surface area (Å²) in [4.78, 5) is 42.0. The smallest absolute Gasteiger partial charge is 0.410 e. The molecule has 1 N–H and O–H groups in total. The molecular formula is C32H36N2O6S. The van der Waals surface area contributed by atoms with Gasteiger partial charge in [-0.25, -0.2) is 14.4 Å². The summed E-state index contributed by atoms with van der Waals surface area (Å²) in [7, 11) is 0. The van der Waals surface area contributed by atoms with E-state index in [0.717, 1.165) is 33.6 Å². The lowest BCUT2D eigenvalue weighted by molar-refractivity contribution is -0.00935. The zero-order chi connectivity index (χ0) is 29.3. The average molecular weight is 577 g/mol. The minimum absolute atomic E-state index is 0.0880. The maximum atomic E-state index is 13.9. The SMILES string of the molecule is C[C@@H]1[C@@H](N(Cc2csc(C(=O)O)c2)C(=O)OCC2c3ccccc3-c3ccccc32)CCCN1C(=O)OC(C)(C)C. The lowest BCUT2D eigenvalue weighted by Crippen LogP contribution is -2.57. The number of hydrogen-bond acceptors (Lipinski definition) is 6. The molecule has 2 amide bonds. The third-order valence-corrected chi connectivity index (χ3v) is 8.73. The van der Waals surface area contributed by atoms with E-state index in [1.807, 2.05) is 52.0 Å². The van der Waals surface area contributed by atoms with Crippen LogP contribution in [-0.4, -0.2) is 63.9 Å². The molecular weight excluding hydrogens is 540 g/mol. The van der Waals surface area contributed by atoms with Gasteiger partial charge in [0.15, 0.2) is 0 Å². The van der Waals surface area contributed by atoms with Gasteiger partial charge in [-0.15, -0.1) is 11.3 Å². The van der Waals surface area contributed by atoms with Crippen molar-refractivity contribution in [2.45, 2.75) is 70.7 Å². The second-order valence-electron chi connectivity index (χ2n) is 11.7. The summed E-state index contributed by atoms with van der Waals surface area (Å²) in [5.41, 5.74) is 4.62. The molecule has 0 radical (unpaired) electrons. The lowest BCUT2D eigenvalue weighted by atomic mass is 9.96. The van der Waals surface area contributed by atoms with Crippen LogP contribution in [0, 0.1) is 0 Å². The highest BCUT2D eigenvalue weighted by atomic mass is 32.1. The van der Waals surface area contributed by atoms with E-state index in [9.17, 15) is 19.5 Å². The molecule has 0 bridgehead atoms. The molecule has 41 heavy (non-hydrogen) atoms. The molecule has 2 atom stereocenters. The fourth-order valence-electron chi connectivity index (χ4n) is 5.88. The summed E-state index contributed by atoms with van der Waals surface area (Å²) in [6, 6.07) is 17.3. The van der Waals surface area contributed by atoms with Crippen molar-refractivity contribution in [1.82, 2.24) is 9.80 Å². The van der Waals surface area contributed by atoms with Crippen molar-refractivity contribution < 1.29 is 29.0 Å². The molecule has 216 valence electrons. The molecule has 3 aromatic rings. The summed E-state index contributed by atoms with van der Waals surface area (Å²) < 4.78 is 11.7. The fraction of sp³-hybridized carbons (Fsp3) is 0.406. The van der Waals surface area contributed by atoms with Gasteiger partial charge in [-0.1, -0.05) is 48.5 Å². The minimum Gasteiger partial charge on any atom is -0.477 e. The maximum absolute atomic E-state index is 13.9. The molecule has 0 saturated carbocycles. The Morgan fingerprint density at radius 2 is 1.68 bits per heavy atom. The van der Waals surface area contributed by atoms with Crippen LogP contribution in [0.2, 0.25) is 0 Å². The van der Waals surface area contributed by atoms with Gasteiger partial charge in [-0.2, -0.15) is 0 Å². The van der Waals surface area contributed by atoms with Crippen molar-refractivity contribution in [3.05, 3.63) is 81.5 Å². The second-order valence-corrected chi connectivity index (χ2v) is 12.6. The Balaban J connectivity index is 1.39. The molecule has 2 aliphatic rings. The number of piperidine rings is 1. The van der Waals surface area contributed by atoms with Crippen LogP contribution in [0.25, 0.3) is 11.1 Å². The Hall–Kier alpha value is -3.85. The summed E-state index contributed by atoms with van der Waals surface area (Å²) >= 11 is 1.13. The number of benzene rings is 2. The van der Waals surface area contributed by atoms with Crippen LogP contribution in [0.5, 0.6) is 0 Å². The first-order valence-electron chi connectivity index (χ1n) is 14.0.